The normalized spacial score (nSPS) is 11.1. The average molecular weight is 374 g/mol. The number of ketones is 1. The van der Waals surface area contributed by atoms with E-state index in [9.17, 15) is 9.59 Å². The molecule has 0 aliphatic rings. The van der Waals surface area contributed by atoms with Gasteiger partial charge >= 0.3 is 143 Å². The Hall–Kier alpha value is -1.90. The molecule has 120 valence electrons. The van der Waals surface area contributed by atoms with Gasteiger partial charge in [0.25, 0.3) is 0 Å². The molecule has 0 aliphatic heterocycles. The minimum absolute atomic E-state index is 0.0707. The van der Waals surface area contributed by atoms with Crippen molar-refractivity contribution in [1.29, 1.82) is 0 Å². The second-order valence-electron chi connectivity index (χ2n) is 6.28. The number of carbonyl (C=O) groups is 2. The van der Waals surface area contributed by atoms with E-state index in [1.165, 1.54) is 0 Å². The molecule has 0 aromatic heterocycles. The van der Waals surface area contributed by atoms with E-state index >= 15 is 0 Å². The second kappa shape index (κ2) is 7.58. The van der Waals surface area contributed by atoms with Crippen LogP contribution in [-0.2, 0) is 0 Å². The zero-order valence-electron chi connectivity index (χ0n) is 13.6. The summed E-state index contributed by atoms with van der Waals surface area (Å²) in [6.45, 7) is 5.87. The summed E-state index contributed by atoms with van der Waals surface area (Å²) in [6.07, 6.45) is 0. The molecule has 0 saturated heterocycles. The average Bonchev–Trinajstić information content (AvgIpc) is 2.52. The fourth-order valence-corrected chi connectivity index (χ4v) is 4.02. The molecule has 2 aromatic carbocycles. The Morgan fingerprint density at radius 1 is 0.957 bits per heavy atom. The molecule has 0 heterocycles. The fourth-order valence-electron chi connectivity index (χ4n) is 2.04. The molecule has 2 aromatic rings. The number of amides is 1. The Kier molecular flexibility index (Phi) is 5.75. The van der Waals surface area contributed by atoms with Gasteiger partial charge in [-0.25, -0.2) is 0 Å². The minimum atomic E-state index is -0.281. The first-order chi connectivity index (χ1) is 10.9. The third-order valence-electron chi connectivity index (χ3n) is 3.07. The van der Waals surface area contributed by atoms with Crippen LogP contribution in [0.2, 0.25) is 5.32 Å². The summed E-state index contributed by atoms with van der Waals surface area (Å²) < 4.78 is 0.964. The van der Waals surface area contributed by atoms with Crippen LogP contribution in [0.5, 0.6) is 0 Å². The summed E-state index contributed by atoms with van der Waals surface area (Å²) >= 11 is -0.0707. The van der Waals surface area contributed by atoms with Gasteiger partial charge in [-0.05, 0) is 0 Å². The molecule has 0 atom stereocenters. The first-order valence-corrected chi connectivity index (χ1v) is 9.56. The Morgan fingerprint density at radius 3 is 2.22 bits per heavy atom. The Morgan fingerprint density at radius 2 is 1.57 bits per heavy atom. The number of hydrogen-bond acceptors (Lipinski definition) is 2. The van der Waals surface area contributed by atoms with Gasteiger partial charge in [-0.15, -0.1) is 0 Å². The number of carbonyl (C=O) groups excluding carboxylic acids is 2. The number of nitrogens with one attached hydrogen (secondary N) is 1. The van der Waals surface area contributed by atoms with Crippen molar-refractivity contribution < 1.29 is 9.59 Å². The van der Waals surface area contributed by atoms with Crippen molar-refractivity contribution in [2.24, 2.45) is 0 Å². The van der Waals surface area contributed by atoms with E-state index in [4.69, 9.17) is 0 Å². The molecule has 2 rings (SSSR count). The van der Waals surface area contributed by atoms with Crippen molar-refractivity contribution in [3.05, 3.63) is 65.7 Å². The van der Waals surface area contributed by atoms with E-state index in [0.717, 1.165) is 10.0 Å². The number of hydrogen-bond donors (Lipinski definition) is 1. The predicted octanol–water partition coefficient (Wildman–Crippen LogP) is 2.85. The second-order valence-corrected chi connectivity index (χ2v) is 8.41. The zero-order chi connectivity index (χ0) is 16.9. The van der Waals surface area contributed by atoms with Gasteiger partial charge < -0.3 is 0 Å². The molecular weight excluding hydrogens is 353 g/mol. The van der Waals surface area contributed by atoms with Crippen LogP contribution in [0.3, 0.4) is 0 Å². The first-order valence-electron chi connectivity index (χ1n) is 7.49. The van der Waals surface area contributed by atoms with Crippen molar-refractivity contribution >= 4 is 31.1 Å². The van der Waals surface area contributed by atoms with E-state index in [-0.39, 0.29) is 32.2 Å². The van der Waals surface area contributed by atoms with E-state index in [2.05, 4.69) is 5.32 Å². The third-order valence-corrected chi connectivity index (χ3v) is 5.33. The summed E-state index contributed by atoms with van der Waals surface area (Å²) in [7, 11) is 0. The van der Waals surface area contributed by atoms with E-state index in [1.54, 1.807) is 0 Å². The standard InChI is InChI=1S/C19H21NO2Se/c1-19(2,3)20-18(22)15-11-7-8-12-17(15)23-13-16(21)14-9-5-4-6-10-14/h4-12H,13H2,1-3H3,(H,20,22). The molecule has 0 spiro atoms. The molecule has 1 N–H and O–H groups in total. The van der Waals surface area contributed by atoms with Gasteiger partial charge in [0.05, 0.1) is 0 Å². The van der Waals surface area contributed by atoms with Gasteiger partial charge in [0, 0.05) is 0 Å². The van der Waals surface area contributed by atoms with Crippen molar-refractivity contribution in [2.75, 3.05) is 0 Å². The van der Waals surface area contributed by atoms with Gasteiger partial charge in [-0.2, -0.15) is 0 Å². The number of benzene rings is 2. The number of rotatable bonds is 5. The predicted molar refractivity (Wildman–Crippen MR) is 94.6 cm³/mol. The Balaban J connectivity index is 2.09. The molecular formula is C19H21NO2Se. The maximum atomic E-state index is 12.4. The summed E-state index contributed by atoms with van der Waals surface area (Å²) in [5.74, 6) is 0.0405. The van der Waals surface area contributed by atoms with Gasteiger partial charge in [0.1, 0.15) is 0 Å². The van der Waals surface area contributed by atoms with Gasteiger partial charge in [-0.1, -0.05) is 0 Å². The molecule has 0 unspecified atom stereocenters. The fraction of sp³-hybridized carbons (Fsp3) is 0.263. The molecule has 0 radical (unpaired) electrons. The molecule has 23 heavy (non-hydrogen) atoms. The summed E-state index contributed by atoms with van der Waals surface area (Å²) in [4.78, 5) is 24.7. The zero-order valence-corrected chi connectivity index (χ0v) is 15.3. The van der Waals surface area contributed by atoms with Crippen LogP contribution in [0, 0.1) is 0 Å². The van der Waals surface area contributed by atoms with Crippen molar-refractivity contribution in [3.8, 4) is 0 Å². The molecule has 0 aliphatic carbocycles. The summed E-state index contributed by atoms with van der Waals surface area (Å²) in [5, 5.41) is 3.44. The van der Waals surface area contributed by atoms with Crippen molar-refractivity contribution in [1.82, 2.24) is 5.32 Å². The van der Waals surface area contributed by atoms with Crippen LogP contribution in [0.1, 0.15) is 41.5 Å². The van der Waals surface area contributed by atoms with Gasteiger partial charge in [0.15, 0.2) is 0 Å². The topological polar surface area (TPSA) is 46.2 Å². The van der Waals surface area contributed by atoms with E-state index < -0.39 is 0 Å². The number of Topliss-reactive ketones (excluding diaryl/α,β-unsaturated/α-hetero) is 1. The van der Waals surface area contributed by atoms with Crippen LogP contribution >= 0.6 is 0 Å². The molecule has 0 bridgehead atoms. The SMILES string of the molecule is CC(C)(C)NC(=O)c1ccccc1[Se]CC(=O)c1ccccc1. The van der Waals surface area contributed by atoms with Gasteiger partial charge in [0.2, 0.25) is 0 Å². The van der Waals surface area contributed by atoms with Crippen LogP contribution in [0.15, 0.2) is 54.6 Å². The summed E-state index contributed by atoms with van der Waals surface area (Å²) in [6, 6.07) is 16.8. The maximum absolute atomic E-state index is 12.4. The van der Waals surface area contributed by atoms with Crippen molar-refractivity contribution in [2.45, 2.75) is 31.6 Å². The van der Waals surface area contributed by atoms with Crippen LogP contribution in [0.25, 0.3) is 0 Å². The van der Waals surface area contributed by atoms with Crippen LogP contribution in [0.4, 0.5) is 0 Å². The Bertz CT molecular complexity index is 690. The third kappa shape index (κ3) is 5.34. The van der Waals surface area contributed by atoms with E-state index in [1.807, 2.05) is 75.4 Å². The first kappa shape index (κ1) is 17.5. The van der Waals surface area contributed by atoms with Crippen LogP contribution in [-0.4, -0.2) is 32.2 Å². The molecule has 3 nitrogen and oxygen atoms in total. The molecule has 0 fully saturated rings. The van der Waals surface area contributed by atoms with E-state index in [0.29, 0.717) is 10.9 Å². The van der Waals surface area contributed by atoms with Gasteiger partial charge in [-0.3, -0.25) is 0 Å². The molecule has 0 saturated carbocycles. The van der Waals surface area contributed by atoms with Crippen LogP contribution < -0.4 is 9.78 Å². The monoisotopic (exact) mass is 375 g/mol. The quantitative estimate of drug-likeness (QED) is 0.646. The molecule has 4 heteroatoms. The summed E-state index contributed by atoms with van der Waals surface area (Å²) in [5.41, 5.74) is 1.12. The molecule has 1 amide bonds. The Labute approximate surface area is 143 Å². The van der Waals surface area contributed by atoms with Crippen molar-refractivity contribution in [3.63, 3.8) is 0 Å².